The van der Waals surface area contributed by atoms with Crippen molar-refractivity contribution in [2.45, 2.75) is 63.8 Å². The van der Waals surface area contributed by atoms with Gasteiger partial charge in [0.2, 0.25) is 5.91 Å². The van der Waals surface area contributed by atoms with Crippen LogP contribution in [0.25, 0.3) is 0 Å². The first-order chi connectivity index (χ1) is 12.8. The van der Waals surface area contributed by atoms with Crippen LogP contribution in [0.4, 0.5) is 5.69 Å². The molecule has 136 valence electrons. The van der Waals surface area contributed by atoms with Crippen LogP contribution < -0.4 is 4.90 Å². The molecule has 0 radical (unpaired) electrons. The van der Waals surface area contributed by atoms with Crippen LogP contribution in [0.5, 0.6) is 0 Å². The average molecular weight is 349 g/mol. The molecule has 0 bridgehead atoms. The summed E-state index contributed by atoms with van der Waals surface area (Å²) in [6, 6.07) is 9.91. The molecule has 4 nitrogen and oxygen atoms in total. The first-order valence-electron chi connectivity index (χ1n) is 9.98. The Labute approximate surface area is 155 Å². The van der Waals surface area contributed by atoms with Gasteiger partial charge in [-0.3, -0.25) is 4.79 Å². The summed E-state index contributed by atoms with van der Waals surface area (Å²) in [6.07, 6.45) is 13.6. The Morgan fingerprint density at radius 2 is 1.62 bits per heavy atom. The van der Waals surface area contributed by atoms with E-state index in [1.807, 2.05) is 47.6 Å². The van der Waals surface area contributed by atoms with Crippen molar-refractivity contribution in [1.29, 1.82) is 0 Å². The molecule has 26 heavy (non-hydrogen) atoms. The minimum Gasteiger partial charge on any atom is -0.305 e. The summed E-state index contributed by atoms with van der Waals surface area (Å²) in [5.74, 6) is 1.71. The number of carbonyl (C=O) groups is 1. The first-order valence-corrected chi connectivity index (χ1v) is 9.98. The van der Waals surface area contributed by atoms with Crippen LogP contribution in [0.2, 0.25) is 0 Å². The Kier molecular flexibility index (Phi) is 5.28. The highest BCUT2D eigenvalue weighted by atomic mass is 16.2. The zero-order valence-electron chi connectivity index (χ0n) is 15.3. The third kappa shape index (κ3) is 3.79. The highest BCUT2D eigenvalue weighted by Gasteiger charge is 2.30. The van der Waals surface area contributed by atoms with Crippen molar-refractivity contribution in [3.63, 3.8) is 0 Å². The van der Waals surface area contributed by atoms with Crippen LogP contribution in [-0.4, -0.2) is 15.9 Å². The maximum absolute atomic E-state index is 12.9. The molecule has 0 aliphatic heterocycles. The molecule has 0 N–H and O–H groups in total. The molecule has 2 fully saturated rings. The fourth-order valence-electron chi connectivity index (χ4n) is 4.01. The molecule has 2 aliphatic rings. The molecule has 1 heterocycles. The number of amides is 1. The third-order valence-electron chi connectivity index (χ3n) is 5.89. The molecule has 2 aliphatic carbocycles. The fraction of sp³-hybridized carbons (Fsp3) is 0.500. The monoisotopic (exact) mass is 349 g/mol. The molecule has 0 saturated heterocycles. The Morgan fingerprint density at radius 3 is 2.23 bits per heavy atom. The Bertz CT molecular complexity index is 719. The number of rotatable bonds is 5. The van der Waals surface area contributed by atoms with Crippen LogP contribution >= 0.6 is 0 Å². The summed E-state index contributed by atoms with van der Waals surface area (Å²) >= 11 is 0. The Balaban J connectivity index is 1.50. The van der Waals surface area contributed by atoms with E-state index in [0.717, 1.165) is 30.8 Å². The van der Waals surface area contributed by atoms with Gasteiger partial charge in [-0.25, -0.2) is 9.97 Å². The second-order valence-electron chi connectivity index (χ2n) is 7.66. The Hall–Kier alpha value is -2.23. The minimum absolute atomic E-state index is 0.164. The molecule has 0 atom stereocenters. The van der Waals surface area contributed by atoms with Crippen molar-refractivity contribution in [3.8, 4) is 0 Å². The van der Waals surface area contributed by atoms with Gasteiger partial charge in [0.15, 0.2) is 0 Å². The summed E-state index contributed by atoms with van der Waals surface area (Å²) < 4.78 is 0. The minimum atomic E-state index is 0.164. The van der Waals surface area contributed by atoms with Crippen LogP contribution in [-0.2, 0) is 11.3 Å². The lowest BCUT2D eigenvalue weighted by atomic mass is 9.84. The number of hydrogen-bond acceptors (Lipinski definition) is 3. The smallest absolute Gasteiger partial charge is 0.230 e. The van der Waals surface area contributed by atoms with Gasteiger partial charge in [-0.05, 0) is 49.3 Å². The van der Waals surface area contributed by atoms with Crippen molar-refractivity contribution >= 4 is 11.6 Å². The van der Waals surface area contributed by atoms with E-state index in [2.05, 4.69) is 9.97 Å². The highest BCUT2D eigenvalue weighted by molar-refractivity contribution is 5.95. The van der Waals surface area contributed by atoms with Gasteiger partial charge in [0.05, 0.1) is 6.54 Å². The molecule has 1 aromatic carbocycles. The average Bonchev–Trinajstić information content (AvgIpc) is 2.66. The van der Waals surface area contributed by atoms with Crippen molar-refractivity contribution in [2.24, 2.45) is 5.92 Å². The predicted molar refractivity (Wildman–Crippen MR) is 103 cm³/mol. The molecular formula is C22H27N3O. The van der Waals surface area contributed by atoms with E-state index >= 15 is 0 Å². The van der Waals surface area contributed by atoms with E-state index in [0.29, 0.717) is 12.5 Å². The van der Waals surface area contributed by atoms with Gasteiger partial charge in [0.1, 0.15) is 5.82 Å². The van der Waals surface area contributed by atoms with Gasteiger partial charge in [-0.2, -0.15) is 0 Å². The van der Waals surface area contributed by atoms with Gasteiger partial charge >= 0.3 is 0 Å². The zero-order valence-corrected chi connectivity index (χ0v) is 15.3. The zero-order chi connectivity index (χ0) is 17.8. The molecule has 4 heteroatoms. The molecule has 2 aromatic rings. The molecule has 1 aromatic heterocycles. The molecular weight excluding hydrogens is 322 g/mol. The summed E-state index contributed by atoms with van der Waals surface area (Å²) in [5.41, 5.74) is 2.19. The second-order valence-corrected chi connectivity index (χ2v) is 7.66. The van der Waals surface area contributed by atoms with Gasteiger partial charge in [-0.1, -0.05) is 43.9 Å². The van der Waals surface area contributed by atoms with E-state index < -0.39 is 0 Å². The van der Waals surface area contributed by atoms with Crippen LogP contribution in [0.3, 0.4) is 0 Å². The van der Waals surface area contributed by atoms with Gasteiger partial charge < -0.3 is 4.90 Å². The topological polar surface area (TPSA) is 46.1 Å². The van der Waals surface area contributed by atoms with E-state index in [4.69, 9.17) is 0 Å². The van der Waals surface area contributed by atoms with E-state index in [-0.39, 0.29) is 11.8 Å². The van der Waals surface area contributed by atoms with Crippen molar-refractivity contribution in [3.05, 3.63) is 54.1 Å². The third-order valence-corrected chi connectivity index (χ3v) is 5.89. The SMILES string of the molecule is O=C(C1CCC1)N(Cc1ncc(C2CCCCC2)cn1)c1ccccc1. The maximum atomic E-state index is 12.9. The molecule has 1 amide bonds. The lowest BCUT2D eigenvalue weighted by Crippen LogP contribution is -2.39. The number of anilines is 1. The largest absolute Gasteiger partial charge is 0.305 e. The van der Waals surface area contributed by atoms with E-state index in [1.165, 1.54) is 37.7 Å². The molecule has 0 spiro atoms. The van der Waals surface area contributed by atoms with Crippen LogP contribution in [0, 0.1) is 5.92 Å². The lowest BCUT2D eigenvalue weighted by Gasteiger charge is -2.31. The quantitative estimate of drug-likeness (QED) is 0.774. The predicted octanol–water partition coefficient (Wildman–Crippen LogP) is 4.86. The first kappa shape index (κ1) is 17.2. The number of carbonyl (C=O) groups excluding carboxylic acids is 1. The van der Waals surface area contributed by atoms with Crippen molar-refractivity contribution in [1.82, 2.24) is 9.97 Å². The number of nitrogens with zero attached hydrogens (tertiary/aromatic N) is 3. The van der Waals surface area contributed by atoms with Crippen molar-refractivity contribution < 1.29 is 4.79 Å². The summed E-state index contributed by atoms with van der Waals surface area (Å²) in [7, 11) is 0. The fourth-order valence-corrected chi connectivity index (χ4v) is 4.01. The highest BCUT2D eigenvalue weighted by Crippen LogP contribution is 2.32. The Morgan fingerprint density at radius 1 is 0.923 bits per heavy atom. The molecule has 2 saturated carbocycles. The normalized spacial score (nSPS) is 18.3. The lowest BCUT2D eigenvalue weighted by molar-refractivity contribution is -0.124. The van der Waals surface area contributed by atoms with Crippen LogP contribution in [0.15, 0.2) is 42.7 Å². The number of aromatic nitrogens is 2. The molecule has 4 rings (SSSR count). The van der Waals surface area contributed by atoms with E-state index in [9.17, 15) is 4.79 Å². The summed E-state index contributed by atoms with van der Waals surface area (Å²) in [6.45, 7) is 0.449. The number of hydrogen-bond donors (Lipinski definition) is 0. The number of para-hydroxylation sites is 1. The molecule has 0 unspecified atom stereocenters. The standard InChI is InChI=1S/C22H27N3O/c26-22(18-10-7-11-18)25(20-12-5-2-6-13-20)16-21-23-14-19(15-24-21)17-8-3-1-4-9-17/h2,5-6,12-15,17-18H,1,3-4,7-11,16H2. The van der Waals surface area contributed by atoms with Crippen LogP contribution in [0.1, 0.15) is 68.7 Å². The van der Waals surface area contributed by atoms with E-state index in [1.54, 1.807) is 0 Å². The number of benzene rings is 1. The summed E-state index contributed by atoms with van der Waals surface area (Å²) in [5, 5.41) is 0. The second kappa shape index (κ2) is 7.98. The maximum Gasteiger partial charge on any atom is 0.230 e. The van der Waals surface area contributed by atoms with Gasteiger partial charge in [0.25, 0.3) is 0 Å². The van der Waals surface area contributed by atoms with Crippen molar-refractivity contribution in [2.75, 3.05) is 4.90 Å². The van der Waals surface area contributed by atoms with Gasteiger partial charge in [0, 0.05) is 24.0 Å². The van der Waals surface area contributed by atoms with Gasteiger partial charge in [-0.15, -0.1) is 0 Å². The summed E-state index contributed by atoms with van der Waals surface area (Å²) in [4.78, 5) is 24.0.